The van der Waals surface area contributed by atoms with E-state index in [2.05, 4.69) is 38.3 Å². The van der Waals surface area contributed by atoms with Gasteiger partial charge in [-0.1, -0.05) is 76.1 Å². The molecule has 0 aliphatic heterocycles. The average Bonchev–Trinajstić information content (AvgIpc) is 2.73. The molecule has 0 spiro atoms. The molecule has 0 aromatic heterocycles. The standard InChI is InChI=1S/C26H32O2/c1-4-7-8-9-19-10-12-20(13-11-19)21-14-16-24-22(18-21)15-17-25(23(24)5-2)28-26(27)6-3/h5-6,14-20H,2-4,7-13H2,1H3. The highest BCUT2D eigenvalue weighted by Gasteiger charge is 2.22. The lowest BCUT2D eigenvalue weighted by molar-refractivity contribution is -0.128. The van der Waals surface area contributed by atoms with Crippen molar-refractivity contribution in [3.63, 3.8) is 0 Å². The molecular formula is C26H32O2. The predicted octanol–water partition coefficient (Wildman–Crippen LogP) is 7.43. The van der Waals surface area contributed by atoms with E-state index in [4.69, 9.17) is 4.74 Å². The summed E-state index contributed by atoms with van der Waals surface area (Å²) >= 11 is 0. The SMILES string of the molecule is C=CC(=O)Oc1ccc2cc(C3CCC(CCCCC)CC3)ccc2c1C=C. The van der Waals surface area contributed by atoms with Gasteiger partial charge in [0, 0.05) is 11.6 Å². The first-order valence-electron chi connectivity index (χ1n) is 10.7. The first kappa shape index (κ1) is 20.4. The van der Waals surface area contributed by atoms with Crippen molar-refractivity contribution in [2.24, 2.45) is 5.92 Å². The molecule has 1 aliphatic carbocycles. The van der Waals surface area contributed by atoms with Crippen molar-refractivity contribution in [3.8, 4) is 5.75 Å². The van der Waals surface area contributed by atoms with E-state index in [0.29, 0.717) is 11.7 Å². The van der Waals surface area contributed by atoms with Gasteiger partial charge in [0.15, 0.2) is 0 Å². The first-order valence-corrected chi connectivity index (χ1v) is 10.7. The lowest BCUT2D eigenvalue weighted by Gasteiger charge is -2.29. The lowest BCUT2D eigenvalue weighted by Crippen LogP contribution is -2.13. The van der Waals surface area contributed by atoms with Crippen molar-refractivity contribution >= 4 is 22.8 Å². The number of carbonyl (C=O) groups excluding carboxylic acids is 1. The Hall–Kier alpha value is -2.35. The zero-order valence-electron chi connectivity index (χ0n) is 17.1. The van der Waals surface area contributed by atoms with E-state index in [-0.39, 0.29) is 0 Å². The minimum atomic E-state index is -0.449. The molecule has 0 amide bonds. The second-order valence-corrected chi connectivity index (χ2v) is 8.00. The topological polar surface area (TPSA) is 26.3 Å². The van der Waals surface area contributed by atoms with Crippen LogP contribution in [-0.2, 0) is 4.79 Å². The molecule has 0 heterocycles. The minimum absolute atomic E-state index is 0.449. The van der Waals surface area contributed by atoms with Gasteiger partial charge in [-0.15, -0.1) is 0 Å². The molecule has 28 heavy (non-hydrogen) atoms. The van der Waals surface area contributed by atoms with E-state index in [1.807, 2.05) is 12.1 Å². The van der Waals surface area contributed by atoms with E-state index >= 15 is 0 Å². The molecular weight excluding hydrogens is 344 g/mol. The summed E-state index contributed by atoms with van der Waals surface area (Å²) < 4.78 is 5.36. The third kappa shape index (κ3) is 4.73. The summed E-state index contributed by atoms with van der Waals surface area (Å²) in [7, 11) is 0. The molecule has 1 saturated carbocycles. The van der Waals surface area contributed by atoms with Crippen LogP contribution in [0.5, 0.6) is 5.75 Å². The highest BCUT2D eigenvalue weighted by Crippen LogP contribution is 2.39. The summed E-state index contributed by atoms with van der Waals surface area (Å²) in [6.07, 6.45) is 13.7. The van der Waals surface area contributed by atoms with Crippen molar-refractivity contribution in [2.75, 3.05) is 0 Å². The third-order valence-corrected chi connectivity index (χ3v) is 6.16. The van der Waals surface area contributed by atoms with Crippen LogP contribution in [0.15, 0.2) is 49.6 Å². The normalized spacial score (nSPS) is 19.3. The van der Waals surface area contributed by atoms with Gasteiger partial charge in [-0.05, 0) is 59.9 Å². The molecule has 1 aliphatic rings. The number of ether oxygens (including phenoxy) is 1. The third-order valence-electron chi connectivity index (χ3n) is 6.16. The van der Waals surface area contributed by atoms with E-state index in [9.17, 15) is 4.79 Å². The van der Waals surface area contributed by atoms with E-state index < -0.39 is 5.97 Å². The van der Waals surface area contributed by atoms with Crippen LogP contribution >= 0.6 is 0 Å². The summed E-state index contributed by atoms with van der Waals surface area (Å²) in [6, 6.07) is 10.6. The van der Waals surface area contributed by atoms with E-state index in [0.717, 1.165) is 16.9 Å². The monoisotopic (exact) mass is 376 g/mol. The Balaban J connectivity index is 1.74. The fourth-order valence-electron chi connectivity index (χ4n) is 4.52. The van der Waals surface area contributed by atoms with Crippen LogP contribution in [-0.4, -0.2) is 5.97 Å². The number of esters is 1. The number of carbonyl (C=O) groups is 1. The summed E-state index contributed by atoms with van der Waals surface area (Å²) in [6.45, 7) is 9.65. The Morgan fingerprint density at radius 3 is 2.57 bits per heavy atom. The Morgan fingerprint density at radius 1 is 1.11 bits per heavy atom. The van der Waals surface area contributed by atoms with Crippen LogP contribution in [0.1, 0.15) is 75.3 Å². The molecule has 2 aromatic rings. The molecule has 1 fully saturated rings. The second-order valence-electron chi connectivity index (χ2n) is 8.00. The maximum absolute atomic E-state index is 11.6. The molecule has 2 nitrogen and oxygen atoms in total. The molecule has 0 saturated heterocycles. The van der Waals surface area contributed by atoms with Gasteiger partial charge in [-0.2, -0.15) is 0 Å². The van der Waals surface area contributed by atoms with Crippen LogP contribution in [0.2, 0.25) is 0 Å². The maximum atomic E-state index is 11.6. The van der Waals surface area contributed by atoms with E-state index in [1.165, 1.54) is 68.4 Å². The smallest absolute Gasteiger partial charge is 0.335 e. The largest absolute Gasteiger partial charge is 0.423 e. The quantitative estimate of drug-likeness (QED) is 0.207. The van der Waals surface area contributed by atoms with Gasteiger partial charge in [0.2, 0.25) is 0 Å². The molecule has 0 N–H and O–H groups in total. The van der Waals surface area contributed by atoms with Gasteiger partial charge >= 0.3 is 5.97 Å². The van der Waals surface area contributed by atoms with Gasteiger partial charge in [-0.3, -0.25) is 0 Å². The maximum Gasteiger partial charge on any atom is 0.335 e. The van der Waals surface area contributed by atoms with Crippen LogP contribution in [0.25, 0.3) is 16.8 Å². The Labute approximate surface area is 169 Å². The van der Waals surface area contributed by atoms with Crippen LogP contribution in [0.4, 0.5) is 0 Å². The fourth-order valence-corrected chi connectivity index (χ4v) is 4.52. The highest BCUT2D eigenvalue weighted by molar-refractivity contribution is 5.95. The Bertz CT molecular complexity index is 841. The number of fused-ring (bicyclic) bond motifs is 1. The van der Waals surface area contributed by atoms with Crippen molar-refractivity contribution in [3.05, 3.63) is 60.7 Å². The second kappa shape index (κ2) is 9.73. The molecule has 0 radical (unpaired) electrons. The zero-order valence-corrected chi connectivity index (χ0v) is 17.1. The summed E-state index contributed by atoms with van der Waals surface area (Å²) in [4.78, 5) is 11.6. The molecule has 0 atom stereocenters. The predicted molar refractivity (Wildman–Crippen MR) is 119 cm³/mol. The van der Waals surface area contributed by atoms with Gasteiger partial charge in [0.25, 0.3) is 0 Å². The fraction of sp³-hybridized carbons (Fsp3) is 0.423. The van der Waals surface area contributed by atoms with Crippen molar-refractivity contribution in [1.29, 1.82) is 0 Å². The number of hydrogen-bond donors (Lipinski definition) is 0. The van der Waals surface area contributed by atoms with Gasteiger partial charge in [0.1, 0.15) is 5.75 Å². The number of benzene rings is 2. The van der Waals surface area contributed by atoms with Crippen molar-refractivity contribution in [2.45, 2.75) is 64.2 Å². The molecule has 3 rings (SSSR count). The summed E-state index contributed by atoms with van der Waals surface area (Å²) in [5, 5.41) is 2.25. The summed E-state index contributed by atoms with van der Waals surface area (Å²) in [5.74, 6) is 1.68. The minimum Gasteiger partial charge on any atom is -0.423 e. The van der Waals surface area contributed by atoms with Gasteiger partial charge in [-0.25, -0.2) is 4.79 Å². The molecule has 2 heteroatoms. The van der Waals surface area contributed by atoms with E-state index in [1.54, 1.807) is 6.08 Å². The average molecular weight is 377 g/mol. The zero-order chi connectivity index (χ0) is 19.9. The molecule has 2 aromatic carbocycles. The summed E-state index contributed by atoms with van der Waals surface area (Å²) in [5.41, 5.74) is 2.30. The number of rotatable bonds is 8. The first-order chi connectivity index (χ1) is 13.7. The molecule has 0 unspecified atom stereocenters. The number of unbranched alkanes of at least 4 members (excludes halogenated alkanes) is 2. The highest BCUT2D eigenvalue weighted by atomic mass is 16.5. The molecule has 148 valence electrons. The van der Waals surface area contributed by atoms with Gasteiger partial charge < -0.3 is 4.74 Å². The lowest BCUT2D eigenvalue weighted by atomic mass is 9.76. The number of hydrogen-bond acceptors (Lipinski definition) is 2. The van der Waals surface area contributed by atoms with Crippen LogP contribution in [0, 0.1) is 5.92 Å². The van der Waals surface area contributed by atoms with Gasteiger partial charge in [0.05, 0.1) is 0 Å². The van der Waals surface area contributed by atoms with Crippen molar-refractivity contribution in [1.82, 2.24) is 0 Å². The Morgan fingerprint density at radius 2 is 1.89 bits per heavy atom. The Kier molecular flexibility index (Phi) is 7.08. The van der Waals surface area contributed by atoms with Crippen LogP contribution < -0.4 is 4.74 Å². The molecule has 0 bridgehead atoms. The van der Waals surface area contributed by atoms with Crippen molar-refractivity contribution < 1.29 is 9.53 Å². The van der Waals surface area contributed by atoms with Crippen LogP contribution in [0.3, 0.4) is 0 Å².